The highest BCUT2D eigenvalue weighted by Gasteiger charge is 2.32. The van der Waals surface area contributed by atoms with Crippen molar-refractivity contribution < 1.29 is 18.0 Å². The molecule has 7 heteroatoms. The van der Waals surface area contributed by atoms with Crippen LogP contribution in [0.2, 0.25) is 0 Å². The summed E-state index contributed by atoms with van der Waals surface area (Å²) < 4.78 is 38.5. The van der Waals surface area contributed by atoms with Crippen LogP contribution in [0.5, 0.6) is 0 Å². The third-order valence-corrected chi connectivity index (χ3v) is 3.51. The van der Waals surface area contributed by atoms with Crippen LogP contribution in [-0.2, 0) is 6.18 Å². The molecule has 0 aliphatic rings. The number of hydrogen-bond donors (Lipinski definition) is 0. The first-order valence-corrected chi connectivity index (χ1v) is 6.66. The van der Waals surface area contributed by atoms with Crippen molar-refractivity contribution in [3.63, 3.8) is 0 Å². The predicted molar refractivity (Wildman–Crippen MR) is 76.1 cm³/mol. The van der Waals surface area contributed by atoms with Gasteiger partial charge in [-0.25, -0.2) is 4.98 Å². The Bertz CT molecular complexity index is 659. The second-order valence-electron chi connectivity index (χ2n) is 4.24. The summed E-state index contributed by atoms with van der Waals surface area (Å²) in [6.07, 6.45) is -3.00. The number of carbonyl (C=O) groups excluding carboxylic acids is 1. The number of halogens is 4. The predicted octanol–water partition coefficient (Wildman–Crippen LogP) is 4.14. The SMILES string of the molecule is CN(C(=O)c1cc(C(F)(F)F)ccc1Br)c1ccccn1. The summed E-state index contributed by atoms with van der Waals surface area (Å²) in [5, 5.41) is 0. The largest absolute Gasteiger partial charge is 0.416 e. The average Bonchev–Trinajstić information content (AvgIpc) is 2.46. The lowest BCUT2D eigenvalue weighted by molar-refractivity contribution is -0.137. The minimum absolute atomic E-state index is 0.0713. The van der Waals surface area contributed by atoms with E-state index >= 15 is 0 Å². The number of carbonyl (C=O) groups is 1. The highest BCUT2D eigenvalue weighted by atomic mass is 79.9. The fourth-order valence-electron chi connectivity index (χ4n) is 1.70. The van der Waals surface area contributed by atoms with Crippen LogP contribution < -0.4 is 4.90 Å². The number of anilines is 1. The minimum Gasteiger partial charge on any atom is -0.296 e. The molecule has 0 unspecified atom stereocenters. The molecule has 1 amide bonds. The summed E-state index contributed by atoms with van der Waals surface area (Å²) in [6, 6.07) is 7.92. The minimum atomic E-state index is -4.50. The highest BCUT2D eigenvalue weighted by Crippen LogP contribution is 2.32. The van der Waals surface area contributed by atoms with Gasteiger partial charge < -0.3 is 0 Å². The molecule has 3 nitrogen and oxygen atoms in total. The Labute approximate surface area is 127 Å². The zero-order chi connectivity index (χ0) is 15.6. The van der Waals surface area contributed by atoms with Gasteiger partial charge in [-0.05, 0) is 46.3 Å². The van der Waals surface area contributed by atoms with Crippen LogP contribution >= 0.6 is 15.9 Å². The topological polar surface area (TPSA) is 33.2 Å². The summed E-state index contributed by atoms with van der Waals surface area (Å²) >= 11 is 3.10. The summed E-state index contributed by atoms with van der Waals surface area (Å²) in [7, 11) is 1.46. The summed E-state index contributed by atoms with van der Waals surface area (Å²) in [5.74, 6) is -0.224. The van der Waals surface area contributed by atoms with Crippen LogP contribution in [0.4, 0.5) is 19.0 Å². The monoisotopic (exact) mass is 358 g/mol. The molecule has 0 saturated heterocycles. The maximum atomic E-state index is 12.7. The van der Waals surface area contributed by atoms with Gasteiger partial charge in [0.15, 0.2) is 0 Å². The molecule has 0 N–H and O–H groups in total. The van der Waals surface area contributed by atoms with Crippen LogP contribution in [0.1, 0.15) is 15.9 Å². The van der Waals surface area contributed by atoms with Gasteiger partial charge in [0.05, 0.1) is 11.1 Å². The third-order valence-electron chi connectivity index (χ3n) is 2.82. The van der Waals surface area contributed by atoms with Gasteiger partial charge in [-0.3, -0.25) is 9.69 Å². The molecule has 21 heavy (non-hydrogen) atoms. The quantitative estimate of drug-likeness (QED) is 0.808. The summed E-state index contributed by atoms with van der Waals surface area (Å²) in [5.41, 5.74) is -0.943. The van der Waals surface area contributed by atoms with E-state index in [1.165, 1.54) is 24.2 Å². The maximum absolute atomic E-state index is 12.7. The van der Waals surface area contributed by atoms with E-state index in [1.807, 2.05) is 0 Å². The van der Waals surface area contributed by atoms with E-state index in [0.29, 0.717) is 10.3 Å². The van der Waals surface area contributed by atoms with Crippen molar-refractivity contribution in [3.05, 3.63) is 58.2 Å². The second kappa shape index (κ2) is 5.85. The number of rotatable bonds is 2. The Kier molecular flexibility index (Phi) is 4.32. The Morgan fingerprint density at radius 1 is 1.24 bits per heavy atom. The lowest BCUT2D eigenvalue weighted by atomic mass is 10.1. The Morgan fingerprint density at radius 2 is 1.95 bits per heavy atom. The number of benzene rings is 1. The molecule has 1 heterocycles. The van der Waals surface area contributed by atoms with Crippen LogP contribution in [-0.4, -0.2) is 17.9 Å². The Morgan fingerprint density at radius 3 is 2.52 bits per heavy atom. The van der Waals surface area contributed by atoms with E-state index in [4.69, 9.17) is 0 Å². The van der Waals surface area contributed by atoms with Gasteiger partial charge in [0.1, 0.15) is 5.82 Å². The molecule has 2 aromatic rings. The molecular formula is C14H10BrF3N2O. The standard InChI is InChI=1S/C14H10BrF3N2O/c1-20(12-4-2-3-7-19-12)13(21)10-8-9(14(16,17)18)5-6-11(10)15/h2-8H,1H3. The van der Waals surface area contributed by atoms with Crippen LogP contribution in [0.3, 0.4) is 0 Å². The van der Waals surface area contributed by atoms with E-state index in [1.54, 1.807) is 18.2 Å². The summed E-state index contributed by atoms with van der Waals surface area (Å²) in [4.78, 5) is 17.5. The lowest BCUT2D eigenvalue weighted by Crippen LogP contribution is -2.27. The van der Waals surface area contributed by atoms with Gasteiger partial charge in [-0.15, -0.1) is 0 Å². The smallest absolute Gasteiger partial charge is 0.296 e. The van der Waals surface area contributed by atoms with Crippen LogP contribution in [0.15, 0.2) is 47.1 Å². The van der Waals surface area contributed by atoms with E-state index in [9.17, 15) is 18.0 Å². The van der Waals surface area contributed by atoms with Gasteiger partial charge in [-0.2, -0.15) is 13.2 Å². The number of hydrogen-bond acceptors (Lipinski definition) is 2. The van der Waals surface area contributed by atoms with Crippen molar-refractivity contribution in [1.29, 1.82) is 0 Å². The lowest BCUT2D eigenvalue weighted by Gasteiger charge is -2.18. The molecule has 1 aromatic carbocycles. The van der Waals surface area contributed by atoms with Gasteiger partial charge in [0, 0.05) is 17.7 Å². The molecule has 0 aliphatic heterocycles. The zero-order valence-electron chi connectivity index (χ0n) is 10.9. The number of pyridine rings is 1. The van der Waals surface area contributed by atoms with Crippen molar-refractivity contribution >= 4 is 27.7 Å². The van der Waals surface area contributed by atoms with E-state index in [0.717, 1.165) is 12.1 Å². The third kappa shape index (κ3) is 3.41. The Hall–Kier alpha value is -1.89. The molecule has 0 atom stereocenters. The van der Waals surface area contributed by atoms with Crippen LogP contribution in [0.25, 0.3) is 0 Å². The second-order valence-corrected chi connectivity index (χ2v) is 5.10. The number of alkyl halides is 3. The van der Waals surface area contributed by atoms with E-state index in [2.05, 4.69) is 20.9 Å². The van der Waals surface area contributed by atoms with E-state index < -0.39 is 17.6 Å². The highest BCUT2D eigenvalue weighted by molar-refractivity contribution is 9.10. The molecule has 0 bridgehead atoms. The van der Waals surface area contributed by atoms with Gasteiger partial charge >= 0.3 is 6.18 Å². The van der Waals surface area contributed by atoms with Gasteiger partial charge in [0.25, 0.3) is 5.91 Å². The van der Waals surface area contributed by atoms with Gasteiger partial charge in [0.2, 0.25) is 0 Å². The Balaban J connectivity index is 2.39. The molecule has 0 saturated carbocycles. The number of nitrogens with zero attached hydrogens (tertiary/aromatic N) is 2. The van der Waals surface area contributed by atoms with Crippen molar-refractivity contribution in [2.75, 3.05) is 11.9 Å². The first-order valence-electron chi connectivity index (χ1n) is 5.86. The van der Waals surface area contributed by atoms with Crippen molar-refractivity contribution in [2.24, 2.45) is 0 Å². The average molecular weight is 359 g/mol. The zero-order valence-corrected chi connectivity index (χ0v) is 12.4. The molecular weight excluding hydrogens is 349 g/mol. The molecule has 1 aromatic heterocycles. The molecule has 0 aliphatic carbocycles. The van der Waals surface area contributed by atoms with Crippen molar-refractivity contribution in [3.8, 4) is 0 Å². The summed E-state index contributed by atoms with van der Waals surface area (Å²) in [6.45, 7) is 0. The fourth-order valence-corrected chi connectivity index (χ4v) is 2.12. The fraction of sp³-hybridized carbons (Fsp3) is 0.143. The van der Waals surface area contributed by atoms with Gasteiger partial charge in [-0.1, -0.05) is 6.07 Å². The molecule has 0 radical (unpaired) electrons. The van der Waals surface area contributed by atoms with Crippen LogP contribution in [0, 0.1) is 0 Å². The number of aromatic nitrogens is 1. The molecule has 0 spiro atoms. The molecule has 110 valence electrons. The first-order chi connectivity index (χ1) is 9.80. The molecule has 2 rings (SSSR count). The first kappa shape index (κ1) is 15.5. The normalized spacial score (nSPS) is 11.3. The number of amides is 1. The van der Waals surface area contributed by atoms with Crippen molar-refractivity contribution in [1.82, 2.24) is 4.98 Å². The van der Waals surface area contributed by atoms with E-state index in [-0.39, 0.29) is 5.56 Å². The van der Waals surface area contributed by atoms with Crippen molar-refractivity contribution in [2.45, 2.75) is 6.18 Å². The maximum Gasteiger partial charge on any atom is 0.416 e. The molecule has 0 fully saturated rings.